The zero-order chi connectivity index (χ0) is 17.1. The number of nitrogens with zero attached hydrogens (tertiary/aromatic N) is 1. The normalized spacial score (nSPS) is 10.6. The molecule has 0 spiro atoms. The summed E-state index contributed by atoms with van der Waals surface area (Å²) in [6.45, 7) is 2.38. The summed E-state index contributed by atoms with van der Waals surface area (Å²) < 4.78 is 13.5. The SMILES string of the molecule is Cc1nc(-c2ccc(CNC(=O)c3ccc(F)cc3Br)cc2)cs1. The molecule has 6 heteroatoms. The lowest BCUT2D eigenvalue weighted by atomic mass is 10.1. The summed E-state index contributed by atoms with van der Waals surface area (Å²) in [5.74, 6) is -0.632. The zero-order valence-electron chi connectivity index (χ0n) is 12.8. The Morgan fingerprint density at radius 2 is 2.00 bits per heavy atom. The minimum Gasteiger partial charge on any atom is -0.348 e. The summed E-state index contributed by atoms with van der Waals surface area (Å²) in [6, 6.07) is 11.9. The average Bonchev–Trinajstić information content (AvgIpc) is 2.99. The molecule has 0 atom stereocenters. The first-order chi connectivity index (χ1) is 11.5. The van der Waals surface area contributed by atoms with E-state index in [0.717, 1.165) is 21.8 Å². The second-order valence-electron chi connectivity index (χ2n) is 5.26. The van der Waals surface area contributed by atoms with Crippen molar-refractivity contribution >= 4 is 33.2 Å². The van der Waals surface area contributed by atoms with Crippen molar-refractivity contribution in [2.45, 2.75) is 13.5 Å². The highest BCUT2D eigenvalue weighted by Crippen LogP contribution is 2.22. The van der Waals surface area contributed by atoms with Gasteiger partial charge in [-0.3, -0.25) is 4.79 Å². The van der Waals surface area contributed by atoms with E-state index in [2.05, 4.69) is 26.2 Å². The van der Waals surface area contributed by atoms with E-state index in [1.165, 1.54) is 18.2 Å². The maximum Gasteiger partial charge on any atom is 0.252 e. The van der Waals surface area contributed by atoms with Crippen molar-refractivity contribution in [1.29, 1.82) is 0 Å². The van der Waals surface area contributed by atoms with Gasteiger partial charge in [-0.05, 0) is 46.6 Å². The van der Waals surface area contributed by atoms with Gasteiger partial charge in [0.2, 0.25) is 0 Å². The molecule has 24 heavy (non-hydrogen) atoms. The molecular weight excluding hydrogens is 391 g/mol. The Balaban J connectivity index is 1.65. The quantitative estimate of drug-likeness (QED) is 0.668. The molecule has 3 nitrogen and oxygen atoms in total. The van der Waals surface area contributed by atoms with Crippen molar-refractivity contribution in [3.8, 4) is 11.3 Å². The summed E-state index contributed by atoms with van der Waals surface area (Å²) in [4.78, 5) is 16.6. The summed E-state index contributed by atoms with van der Waals surface area (Å²) in [7, 11) is 0. The highest BCUT2D eigenvalue weighted by Gasteiger charge is 2.10. The van der Waals surface area contributed by atoms with Crippen LogP contribution in [0.25, 0.3) is 11.3 Å². The predicted octanol–water partition coefficient (Wildman–Crippen LogP) is 4.95. The van der Waals surface area contributed by atoms with Gasteiger partial charge >= 0.3 is 0 Å². The van der Waals surface area contributed by atoms with Crippen molar-refractivity contribution < 1.29 is 9.18 Å². The monoisotopic (exact) mass is 404 g/mol. The summed E-state index contributed by atoms with van der Waals surface area (Å²) >= 11 is 4.82. The number of carbonyl (C=O) groups excluding carboxylic acids is 1. The molecule has 3 rings (SSSR count). The second kappa shape index (κ2) is 7.23. The lowest BCUT2D eigenvalue weighted by molar-refractivity contribution is 0.0950. The zero-order valence-corrected chi connectivity index (χ0v) is 15.2. The Bertz CT molecular complexity index is 877. The van der Waals surface area contributed by atoms with E-state index in [9.17, 15) is 9.18 Å². The minimum absolute atomic E-state index is 0.249. The van der Waals surface area contributed by atoms with Crippen molar-refractivity contribution in [3.63, 3.8) is 0 Å². The fourth-order valence-electron chi connectivity index (χ4n) is 2.24. The van der Waals surface area contributed by atoms with Crippen LogP contribution in [0.3, 0.4) is 0 Å². The number of nitrogens with one attached hydrogen (secondary N) is 1. The van der Waals surface area contributed by atoms with Crippen LogP contribution in [0.2, 0.25) is 0 Å². The molecule has 3 aromatic rings. The highest BCUT2D eigenvalue weighted by atomic mass is 79.9. The fraction of sp³-hybridized carbons (Fsp3) is 0.111. The van der Waals surface area contributed by atoms with Gasteiger partial charge in [0.15, 0.2) is 0 Å². The van der Waals surface area contributed by atoms with Gasteiger partial charge in [-0.25, -0.2) is 9.37 Å². The molecule has 1 heterocycles. The smallest absolute Gasteiger partial charge is 0.252 e. The van der Waals surface area contributed by atoms with Crippen LogP contribution in [0.1, 0.15) is 20.9 Å². The number of aromatic nitrogens is 1. The first-order valence-electron chi connectivity index (χ1n) is 7.27. The number of thiazole rings is 1. The van der Waals surface area contributed by atoms with Gasteiger partial charge in [0.25, 0.3) is 5.91 Å². The van der Waals surface area contributed by atoms with Crippen LogP contribution < -0.4 is 5.32 Å². The maximum absolute atomic E-state index is 13.1. The molecule has 122 valence electrons. The summed E-state index contributed by atoms with van der Waals surface area (Å²) in [5.41, 5.74) is 3.40. The van der Waals surface area contributed by atoms with Crippen molar-refractivity contribution in [1.82, 2.24) is 10.3 Å². The first-order valence-corrected chi connectivity index (χ1v) is 8.95. The van der Waals surface area contributed by atoms with Gasteiger partial charge in [0, 0.05) is 22.0 Å². The van der Waals surface area contributed by atoms with E-state index in [4.69, 9.17) is 0 Å². The molecule has 0 fully saturated rings. The van der Waals surface area contributed by atoms with Gasteiger partial charge < -0.3 is 5.32 Å². The number of carbonyl (C=O) groups is 1. The molecule has 1 amide bonds. The van der Waals surface area contributed by atoms with Gasteiger partial charge in [-0.1, -0.05) is 24.3 Å². The molecule has 0 aliphatic carbocycles. The largest absolute Gasteiger partial charge is 0.348 e. The van der Waals surface area contributed by atoms with Crippen molar-refractivity contribution in [2.24, 2.45) is 0 Å². The number of aryl methyl sites for hydroxylation is 1. The average molecular weight is 405 g/mol. The van der Waals surface area contributed by atoms with E-state index >= 15 is 0 Å². The van der Waals surface area contributed by atoms with Crippen LogP contribution in [0, 0.1) is 12.7 Å². The molecule has 1 N–H and O–H groups in total. The van der Waals surface area contributed by atoms with Crippen LogP contribution in [-0.4, -0.2) is 10.9 Å². The third-order valence-corrected chi connectivity index (χ3v) is 4.93. The van der Waals surface area contributed by atoms with E-state index in [-0.39, 0.29) is 11.7 Å². The van der Waals surface area contributed by atoms with Crippen LogP contribution in [0.15, 0.2) is 52.3 Å². The third-order valence-electron chi connectivity index (χ3n) is 3.50. The Labute approximate surface area is 151 Å². The topological polar surface area (TPSA) is 42.0 Å². The lowest BCUT2D eigenvalue weighted by Crippen LogP contribution is -2.23. The van der Waals surface area contributed by atoms with Crippen LogP contribution in [0.5, 0.6) is 0 Å². The van der Waals surface area contributed by atoms with Crippen LogP contribution >= 0.6 is 27.3 Å². The second-order valence-corrected chi connectivity index (χ2v) is 7.17. The van der Waals surface area contributed by atoms with E-state index in [0.29, 0.717) is 16.6 Å². The Morgan fingerprint density at radius 1 is 1.25 bits per heavy atom. The molecule has 0 aliphatic heterocycles. The highest BCUT2D eigenvalue weighted by molar-refractivity contribution is 9.10. The molecule has 0 radical (unpaired) electrons. The van der Waals surface area contributed by atoms with E-state index in [1.54, 1.807) is 11.3 Å². The lowest BCUT2D eigenvalue weighted by Gasteiger charge is -2.08. The van der Waals surface area contributed by atoms with E-state index in [1.807, 2.05) is 36.6 Å². The third kappa shape index (κ3) is 3.88. The summed E-state index contributed by atoms with van der Waals surface area (Å²) in [6.07, 6.45) is 0. The van der Waals surface area contributed by atoms with Gasteiger partial charge in [0.05, 0.1) is 16.3 Å². The van der Waals surface area contributed by atoms with Crippen molar-refractivity contribution in [2.75, 3.05) is 0 Å². The fourth-order valence-corrected chi connectivity index (χ4v) is 3.39. The Kier molecular flexibility index (Phi) is 5.06. The number of hydrogen-bond donors (Lipinski definition) is 1. The standard InChI is InChI=1S/C18H14BrFN2OS/c1-11-22-17(10-24-11)13-4-2-12(3-5-13)9-21-18(23)15-7-6-14(20)8-16(15)19/h2-8,10H,9H2,1H3,(H,21,23). The number of benzene rings is 2. The molecule has 0 bridgehead atoms. The van der Waals surface area contributed by atoms with Crippen LogP contribution in [0.4, 0.5) is 4.39 Å². The molecular formula is C18H14BrFN2OS. The van der Waals surface area contributed by atoms with E-state index < -0.39 is 0 Å². The van der Waals surface area contributed by atoms with Gasteiger partial charge in [-0.2, -0.15) is 0 Å². The van der Waals surface area contributed by atoms with Gasteiger partial charge in [0.1, 0.15) is 5.82 Å². The number of hydrogen-bond acceptors (Lipinski definition) is 3. The number of rotatable bonds is 4. The van der Waals surface area contributed by atoms with Crippen molar-refractivity contribution in [3.05, 3.63) is 74.3 Å². The number of halogens is 2. The number of amides is 1. The Morgan fingerprint density at radius 3 is 2.62 bits per heavy atom. The minimum atomic E-state index is -0.383. The first kappa shape index (κ1) is 16.8. The molecule has 1 aromatic heterocycles. The van der Waals surface area contributed by atoms with Crippen LogP contribution in [-0.2, 0) is 6.54 Å². The predicted molar refractivity (Wildman–Crippen MR) is 97.6 cm³/mol. The summed E-state index contributed by atoms with van der Waals surface area (Å²) in [5, 5.41) is 5.89. The molecule has 0 saturated carbocycles. The maximum atomic E-state index is 13.1. The molecule has 0 aliphatic rings. The molecule has 0 saturated heterocycles. The Hall–Kier alpha value is -2.05. The van der Waals surface area contributed by atoms with Gasteiger partial charge in [-0.15, -0.1) is 11.3 Å². The molecule has 0 unspecified atom stereocenters. The molecule has 2 aromatic carbocycles.